The van der Waals surface area contributed by atoms with Gasteiger partial charge in [-0.3, -0.25) is 29.1 Å². The van der Waals surface area contributed by atoms with E-state index in [-0.39, 0.29) is 39.7 Å². The number of nitrogens with zero attached hydrogens (tertiary/aromatic N) is 4. The van der Waals surface area contributed by atoms with Gasteiger partial charge in [-0.05, 0) is 48.6 Å². The molecule has 2 aliphatic heterocycles. The van der Waals surface area contributed by atoms with Crippen LogP contribution in [0.3, 0.4) is 0 Å². The molecule has 3 fully saturated rings. The molecule has 47 heavy (non-hydrogen) atoms. The number of allylic oxidation sites excluding steroid dienone is 2. The number of phenolic OH excluding ortho intramolecular Hbond substituents is 1. The number of rotatable bonds is 5. The molecule has 6 rings (SSSR count). The van der Waals surface area contributed by atoms with Crippen LogP contribution in [0.25, 0.3) is 0 Å². The number of hydrazine groups is 1. The Hall–Kier alpha value is -2.78. The van der Waals surface area contributed by atoms with Crippen LogP contribution in [-0.4, -0.2) is 73.0 Å². The number of carbonyl (C=O) groups is 4. The SMILES string of the molecule is COc1cc([C@H]2C3=CC[C@@H]4C(=O)N(N(C)c5nc(C(F)(F)F)ccc5Cl)C(=O)[C@@H]4[C@@H]3C[C@@]3(Cl)C(=O)N(CBr)C(=O)[C@@]23Cl)cc(Cl)c1O. The Bertz CT molecular complexity index is 1800. The van der Waals surface area contributed by atoms with Crippen LogP contribution in [0, 0.1) is 17.8 Å². The molecule has 6 atom stereocenters. The van der Waals surface area contributed by atoms with Gasteiger partial charge in [-0.1, -0.05) is 50.8 Å². The van der Waals surface area contributed by atoms with Gasteiger partial charge in [0, 0.05) is 13.0 Å². The van der Waals surface area contributed by atoms with Crippen LogP contribution in [0.1, 0.15) is 30.0 Å². The summed E-state index contributed by atoms with van der Waals surface area (Å²) in [5.41, 5.74) is -0.871. The monoisotopic (exact) mass is 798 g/mol. The maximum Gasteiger partial charge on any atom is 0.433 e. The van der Waals surface area contributed by atoms with E-state index in [9.17, 15) is 37.5 Å². The molecule has 0 bridgehead atoms. The molecule has 0 unspecified atom stereocenters. The third kappa shape index (κ3) is 4.68. The molecule has 1 aromatic heterocycles. The van der Waals surface area contributed by atoms with Gasteiger partial charge < -0.3 is 9.84 Å². The van der Waals surface area contributed by atoms with E-state index in [0.717, 1.165) is 16.0 Å². The number of hydrogen-bond acceptors (Lipinski definition) is 8. The van der Waals surface area contributed by atoms with Crippen molar-refractivity contribution >= 4 is 91.8 Å². The molecule has 4 aliphatic rings. The van der Waals surface area contributed by atoms with E-state index in [1.807, 2.05) is 0 Å². The minimum absolute atomic E-state index is 0.0266. The average molecular weight is 801 g/mol. The average Bonchev–Trinajstić information content (AvgIpc) is 3.35. The van der Waals surface area contributed by atoms with Crippen LogP contribution in [0.2, 0.25) is 10.0 Å². The van der Waals surface area contributed by atoms with E-state index >= 15 is 0 Å². The van der Waals surface area contributed by atoms with E-state index in [2.05, 4.69) is 20.9 Å². The van der Waals surface area contributed by atoms with Crippen molar-refractivity contribution in [2.45, 2.75) is 34.7 Å². The first-order valence-electron chi connectivity index (χ1n) is 13.9. The topological polar surface area (TPSA) is 120 Å². The van der Waals surface area contributed by atoms with Crippen molar-refractivity contribution in [1.29, 1.82) is 0 Å². The largest absolute Gasteiger partial charge is 0.503 e. The third-order valence-corrected chi connectivity index (χ3v) is 11.8. The van der Waals surface area contributed by atoms with E-state index in [1.165, 1.54) is 26.3 Å². The zero-order valence-corrected chi connectivity index (χ0v) is 28.7. The molecule has 4 amide bonds. The molecule has 1 N–H and O–H groups in total. The number of likely N-dealkylation sites (tertiary alicyclic amines) is 1. The summed E-state index contributed by atoms with van der Waals surface area (Å²) in [5, 5.41) is 11.6. The van der Waals surface area contributed by atoms with Crippen LogP contribution in [0.4, 0.5) is 19.0 Å². The van der Waals surface area contributed by atoms with Crippen LogP contribution in [0.15, 0.2) is 35.9 Å². The number of halogens is 8. The molecule has 10 nitrogen and oxygen atoms in total. The summed E-state index contributed by atoms with van der Waals surface area (Å²) in [6.07, 6.45) is -3.54. The van der Waals surface area contributed by atoms with Crippen LogP contribution in [0.5, 0.6) is 11.5 Å². The Balaban J connectivity index is 1.49. The van der Waals surface area contributed by atoms with Crippen molar-refractivity contribution in [3.63, 3.8) is 0 Å². The van der Waals surface area contributed by atoms with Crippen molar-refractivity contribution in [3.05, 3.63) is 57.2 Å². The summed E-state index contributed by atoms with van der Waals surface area (Å²) in [7, 11) is 2.46. The number of benzene rings is 1. The third-order valence-electron chi connectivity index (χ3n) is 9.32. The first kappa shape index (κ1) is 34.1. The van der Waals surface area contributed by atoms with E-state index in [4.69, 9.17) is 51.1 Å². The van der Waals surface area contributed by atoms with E-state index in [1.54, 1.807) is 6.08 Å². The molecule has 2 aliphatic carbocycles. The molecule has 0 radical (unpaired) electrons. The summed E-state index contributed by atoms with van der Waals surface area (Å²) in [6.45, 7) is 0. The van der Waals surface area contributed by atoms with Gasteiger partial charge in [0.05, 0.1) is 34.4 Å². The quantitative estimate of drug-likeness (QED) is 0.172. The highest BCUT2D eigenvalue weighted by atomic mass is 79.9. The number of fused-ring (bicyclic) bond motifs is 4. The normalized spacial score (nSPS) is 30.3. The fourth-order valence-corrected chi connectivity index (χ4v) is 9.11. The van der Waals surface area contributed by atoms with Gasteiger partial charge in [-0.2, -0.15) is 18.2 Å². The predicted octanol–water partition coefficient (Wildman–Crippen LogP) is 5.88. The van der Waals surface area contributed by atoms with Crippen LogP contribution >= 0.6 is 62.3 Å². The number of amides is 4. The first-order valence-corrected chi connectivity index (χ1v) is 16.5. The molecular weight excluding hydrogens is 779 g/mol. The second-order valence-corrected chi connectivity index (χ2v) is 14.1. The van der Waals surface area contributed by atoms with Crippen LogP contribution in [-0.2, 0) is 25.4 Å². The standard InChI is InChI=1S/C29H22BrCl4F3N4O6/c1-39(22-15(31)5-6-18(38-22)29(35,36)37)41-23(43)13-4-3-12-14(19(13)24(41)44)9-27(33)25(45)40(10-30)26(46)28(27,34)20(12)11-7-16(32)21(42)17(8-11)47-2/h3,5-8,13-14,19-20,42H,4,9-10H2,1-2H3/t13-,14+,19-,20-,27+,28-/m0/s1. The smallest absolute Gasteiger partial charge is 0.433 e. The summed E-state index contributed by atoms with van der Waals surface area (Å²) in [4.78, 5) is 55.9. The highest BCUT2D eigenvalue weighted by molar-refractivity contribution is 9.09. The number of methoxy groups -OCH3 is 1. The van der Waals surface area contributed by atoms with Gasteiger partial charge in [0.25, 0.3) is 23.6 Å². The van der Waals surface area contributed by atoms with Gasteiger partial charge in [0.1, 0.15) is 5.69 Å². The lowest BCUT2D eigenvalue weighted by Gasteiger charge is -2.50. The first-order chi connectivity index (χ1) is 21.9. The molecule has 1 aromatic carbocycles. The number of pyridine rings is 1. The molecule has 3 heterocycles. The fourth-order valence-electron chi connectivity index (χ4n) is 7.23. The molecule has 18 heteroatoms. The second kappa shape index (κ2) is 11.4. The Morgan fingerprint density at radius 2 is 1.77 bits per heavy atom. The molecule has 1 saturated carbocycles. The van der Waals surface area contributed by atoms with E-state index < -0.39 is 80.5 Å². The van der Waals surface area contributed by atoms with Crippen molar-refractivity contribution < 1.29 is 42.2 Å². The number of alkyl halides is 6. The van der Waals surface area contributed by atoms with Crippen molar-refractivity contribution in [2.24, 2.45) is 17.8 Å². The van der Waals surface area contributed by atoms with Crippen molar-refractivity contribution in [3.8, 4) is 11.5 Å². The Morgan fingerprint density at radius 3 is 2.38 bits per heavy atom. The Labute approximate surface area is 293 Å². The lowest BCUT2D eigenvalue weighted by Crippen LogP contribution is -2.60. The second-order valence-electron chi connectivity index (χ2n) is 11.6. The zero-order valence-electron chi connectivity index (χ0n) is 24.1. The van der Waals surface area contributed by atoms with Crippen molar-refractivity contribution in [2.75, 3.05) is 24.6 Å². The molecule has 250 valence electrons. The summed E-state index contributed by atoms with van der Waals surface area (Å²) in [5.74, 6) is -8.45. The molecule has 2 aromatic rings. The maximum atomic E-state index is 14.2. The van der Waals surface area contributed by atoms with Gasteiger partial charge in [0.2, 0.25) is 0 Å². The predicted molar refractivity (Wildman–Crippen MR) is 168 cm³/mol. The number of hydrogen-bond donors (Lipinski definition) is 1. The van der Waals surface area contributed by atoms with Gasteiger partial charge in [0.15, 0.2) is 27.1 Å². The van der Waals surface area contributed by atoms with Gasteiger partial charge >= 0.3 is 6.18 Å². The highest BCUT2D eigenvalue weighted by Crippen LogP contribution is 2.66. The number of aromatic hydroxyl groups is 1. The Morgan fingerprint density at radius 1 is 1.09 bits per heavy atom. The number of carbonyl (C=O) groups excluding carboxylic acids is 4. The van der Waals surface area contributed by atoms with Gasteiger partial charge in [-0.25, -0.2) is 4.98 Å². The lowest BCUT2D eigenvalue weighted by atomic mass is 9.56. The maximum absolute atomic E-state index is 14.2. The molecule has 2 saturated heterocycles. The number of ether oxygens (including phenoxy) is 1. The molecular formula is C29H22BrCl4F3N4O6. The minimum Gasteiger partial charge on any atom is -0.503 e. The number of anilines is 1. The summed E-state index contributed by atoms with van der Waals surface area (Å²) >= 11 is 30.0. The number of imide groups is 2. The fraction of sp³-hybridized carbons (Fsp3) is 0.414. The van der Waals surface area contributed by atoms with Crippen molar-refractivity contribution in [1.82, 2.24) is 14.9 Å². The highest BCUT2D eigenvalue weighted by Gasteiger charge is 2.76. The zero-order chi connectivity index (χ0) is 34.5. The minimum atomic E-state index is -4.83. The number of phenols is 1. The van der Waals surface area contributed by atoms with Gasteiger partial charge in [-0.15, -0.1) is 23.2 Å². The number of aromatic nitrogens is 1. The lowest BCUT2D eigenvalue weighted by molar-refractivity contribution is -0.142. The van der Waals surface area contributed by atoms with E-state index in [0.29, 0.717) is 16.6 Å². The Kier molecular flexibility index (Phi) is 8.27. The summed E-state index contributed by atoms with van der Waals surface area (Å²) < 4.78 is 45.7. The van der Waals surface area contributed by atoms with Crippen LogP contribution < -0.4 is 9.75 Å². The molecule has 0 spiro atoms. The summed E-state index contributed by atoms with van der Waals surface area (Å²) in [6, 6.07) is 4.36.